The van der Waals surface area contributed by atoms with Crippen molar-refractivity contribution in [3.63, 3.8) is 0 Å². The van der Waals surface area contributed by atoms with Crippen LogP contribution in [0.25, 0.3) is 5.69 Å². The molecular formula is C14H18N2O. The van der Waals surface area contributed by atoms with E-state index in [4.69, 9.17) is 0 Å². The Bertz CT molecular complexity index is 549. The highest BCUT2D eigenvalue weighted by Gasteiger charge is 2.11. The summed E-state index contributed by atoms with van der Waals surface area (Å²) in [6, 6.07) is 9.66. The molecule has 1 heterocycles. The van der Waals surface area contributed by atoms with E-state index >= 15 is 0 Å². The Kier molecular flexibility index (Phi) is 3.18. The summed E-state index contributed by atoms with van der Waals surface area (Å²) in [5.74, 6) is 0.538. The van der Waals surface area contributed by atoms with Gasteiger partial charge < -0.3 is 0 Å². The highest BCUT2D eigenvalue weighted by atomic mass is 16.1. The van der Waals surface area contributed by atoms with Crippen molar-refractivity contribution in [1.29, 1.82) is 0 Å². The van der Waals surface area contributed by atoms with Crippen molar-refractivity contribution in [3.8, 4) is 5.69 Å². The molecule has 0 fully saturated rings. The molecule has 1 N–H and O–H groups in total. The maximum Gasteiger partial charge on any atom is 0.274 e. The lowest BCUT2D eigenvalue weighted by Gasteiger charge is -2.03. The van der Waals surface area contributed by atoms with Crippen LogP contribution in [-0.2, 0) is 6.42 Å². The second kappa shape index (κ2) is 4.62. The van der Waals surface area contributed by atoms with Crippen LogP contribution in [0.2, 0.25) is 0 Å². The number of nitrogens with one attached hydrogen (secondary N) is 1. The fourth-order valence-electron chi connectivity index (χ4n) is 1.93. The third-order valence-corrected chi connectivity index (χ3v) is 2.85. The van der Waals surface area contributed by atoms with Gasteiger partial charge >= 0.3 is 0 Å². The summed E-state index contributed by atoms with van der Waals surface area (Å²) in [6.45, 7) is 6.19. The van der Waals surface area contributed by atoms with E-state index in [1.165, 1.54) is 0 Å². The average Bonchev–Trinajstić information content (AvgIpc) is 2.58. The van der Waals surface area contributed by atoms with E-state index in [-0.39, 0.29) is 5.56 Å². The quantitative estimate of drug-likeness (QED) is 0.865. The molecule has 2 aromatic rings. The first-order chi connectivity index (χ1) is 8.09. The predicted octanol–water partition coefficient (Wildman–Crippen LogP) is 2.67. The van der Waals surface area contributed by atoms with Crippen LogP contribution in [0, 0.1) is 12.8 Å². The molecule has 0 spiro atoms. The molecule has 0 aliphatic carbocycles. The topological polar surface area (TPSA) is 37.8 Å². The third kappa shape index (κ3) is 2.33. The number of nitrogens with zero attached hydrogens (tertiary/aromatic N) is 1. The molecule has 1 aromatic heterocycles. The van der Waals surface area contributed by atoms with Crippen molar-refractivity contribution in [2.45, 2.75) is 27.2 Å². The first-order valence-corrected chi connectivity index (χ1v) is 5.95. The molecule has 0 saturated carbocycles. The number of para-hydroxylation sites is 1. The monoisotopic (exact) mass is 230 g/mol. The first kappa shape index (κ1) is 11.7. The normalized spacial score (nSPS) is 11.1. The number of rotatable bonds is 3. The smallest absolute Gasteiger partial charge is 0.274 e. The number of H-pyrrole nitrogens is 1. The molecule has 0 bridgehead atoms. The Morgan fingerprint density at radius 2 is 1.88 bits per heavy atom. The molecule has 0 radical (unpaired) electrons. The van der Waals surface area contributed by atoms with Crippen molar-refractivity contribution in [1.82, 2.24) is 9.78 Å². The minimum absolute atomic E-state index is 0.0480. The molecular weight excluding hydrogens is 212 g/mol. The van der Waals surface area contributed by atoms with E-state index in [1.54, 1.807) is 4.68 Å². The van der Waals surface area contributed by atoms with Gasteiger partial charge in [0.25, 0.3) is 5.56 Å². The summed E-state index contributed by atoms with van der Waals surface area (Å²) in [7, 11) is 0. The lowest BCUT2D eigenvalue weighted by atomic mass is 10.1. The van der Waals surface area contributed by atoms with Gasteiger partial charge in [0, 0.05) is 11.3 Å². The first-order valence-electron chi connectivity index (χ1n) is 5.95. The molecule has 17 heavy (non-hydrogen) atoms. The van der Waals surface area contributed by atoms with Gasteiger partial charge in [-0.05, 0) is 31.4 Å². The Morgan fingerprint density at radius 1 is 1.24 bits per heavy atom. The summed E-state index contributed by atoms with van der Waals surface area (Å²) in [4.78, 5) is 12.1. The van der Waals surface area contributed by atoms with E-state index in [9.17, 15) is 4.79 Å². The van der Waals surface area contributed by atoms with Crippen molar-refractivity contribution in [2.75, 3.05) is 0 Å². The maximum atomic E-state index is 12.1. The summed E-state index contributed by atoms with van der Waals surface area (Å²) >= 11 is 0. The van der Waals surface area contributed by atoms with Gasteiger partial charge in [0.2, 0.25) is 0 Å². The van der Waals surface area contributed by atoms with Gasteiger partial charge in [0.05, 0.1) is 5.69 Å². The van der Waals surface area contributed by atoms with Crippen LogP contribution in [0.5, 0.6) is 0 Å². The molecule has 0 unspecified atom stereocenters. The second-order valence-electron chi connectivity index (χ2n) is 4.79. The SMILES string of the molecule is Cc1c(CC(C)C)[nH]n(-c2ccccc2)c1=O. The van der Waals surface area contributed by atoms with Crippen LogP contribution in [-0.4, -0.2) is 9.78 Å². The molecule has 0 atom stereocenters. The Balaban J connectivity index is 2.47. The highest BCUT2D eigenvalue weighted by molar-refractivity contribution is 5.32. The largest absolute Gasteiger partial charge is 0.295 e. The minimum atomic E-state index is 0.0480. The van der Waals surface area contributed by atoms with Crippen LogP contribution in [0.15, 0.2) is 35.1 Å². The van der Waals surface area contributed by atoms with Crippen LogP contribution in [0.3, 0.4) is 0 Å². The Labute approximate surface area is 101 Å². The zero-order valence-corrected chi connectivity index (χ0v) is 10.5. The zero-order chi connectivity index (χ0) is 12.4. The third-order valence-electron chi connectivity index (χ3n) is 2.85. The van der Waals surface area contributed by atoms with E-state index in [1.807, 2.05) is 37.3 Å². The van der Waals surface area contributed by atoms with Gasteiger partial charge in [0.15, 0.2) is 0 Å². The van der Waals surface area contributed by atoms with E-state index in [0.29, 0.717) is 5.92 Å². The molecule has 3 heteroatoms. The van der Waals surface area contributed by atoms with Crippen LogP contribution < -0.4 is 5.56 Å². The van der Waals surface area contributed by atoms with E-state index in [0.717, 1.165) is 23.4 Å². The van der Waals surface area contributed by atoms with Crippen molar-refractivity contribution in [2.24, 2.45) is 5.92 Å². The van der Waals surface area contributed by atoms with Gasteiger partial charge in [-0.15, -0.1) is 0 Å². The number of hydrogen-bond acceptors (Lipinski definition) is 1. The van der Waals surface area contributed by atoms with Crippen molar-refractivity contribution < 1.29 is 0 Å². The molecule has 0 aliphatic rings. The van der Waals surface area contributed by atoms with Gasteiger partial charge in [-0.1, -0.05) is 32.0 Å². The average molecular weight is 230 g/mol. The Morgan fingerprint density at radius 3 is 2.47 bits per heavy atom. The number of aromatic nitrogens is 2. The molecule has 0 aliphatic heterocycles. The molecule has 1 aromatic carbocycles. The Hall–Kier alpha value is -1.77. The van der Waals surface area contributed by atoms with Crippen molar-refractivity contribution >= 4 is 0 Å². The maximum absolute atomic E-state index is 12.1. The lowest BCUT2D eigenvalue weighted by Crippen LogP contribution is -2.15. The zero-order valence-electron chi connectivity index (χ0n) is 10.5. The molecule has 90 valence electrons. The lowest BCUT2D eigenvalue weighted by molar-refractivity contribution is 0.626. The van der Waals surface area contributed by atoms with E-state index < -0.39 is 0 Å². The van der Waals surface area contributed by atoms with Crippen LogP contribution in [0.4, 0.5) is 0 Å². The minimum Gasteiger partial charge on any atom is -0.295 e. The molecule has 3 nitrogen and oxygen atoms in total. The molecule has 2 rings (SSSR count). The van der Waals surface area contributed by atoms with Crippen LogP contribution >= 0.6 is 0 Å². The summed E-state index contributed by atoms with van der Waals surface area (Å²) in [5.41, 5.74) is 2.79. The summed E-state index contributed by atoms with van der Waals surface area (Å²) in [6.07, 6.45) is 0.904. The summed E-state index contributed by atoms with van der Waals surface area (Å²) < 4.78 is 1.62. The van der Waals surface area contributed by atoms with Gasteiger partial charge in [-0.3, -0.25) is 9.89 Å². The van der Waals surface area contributed by atoms with E-state index in [2.05, 4.69) is 18.9 Å². The fraction of sp³-hybridized carbons (Fsp3) is 0.357. The highest BCUT2D eigenvalue weighted by Crippen LogP contribution is 2.10. The molecule has 0 amide bonds. The van der Waals surface area contributed by atoms with Gasteiger partial charge in [-0.25, -0.2) is 4.68 Å². The second-order valence-corrected chi connectivity index (χ2v) is 4.79. The van der Waals surface area contributed by atoms with Gasteiger partial charge in [0.1, 0.15) is 0 Å². The standard InChI is InChI=1S/C14H18N2O/c1-10(2)9-13-11(3)14(17)16(15-13)12-7-5-4-6-8-12/h4-8,10,15H,9H2,1-3H3. The van der Waals surface area contributed by atoms with Crippen molar-refractivity contribution in [3.05, 3.63) is 51.9 Å². The van der Waals surface area contributed by atoms with Crippen LogP contribution in [0.1, 0.15) is 25.1 Å². The fourth-order valence-corrected chi connectivity index (χ4v) is 1.93. The van der Waals surface area contributed by atoms with Gasteiger partial charge in [-0.2, -0.15) is 0 Å². The number of hydrogen-bond donors (Lipinski definition) is 1. The number of aromatic amines is 1. The molecule has 0 saturated heterocycles. The summed E-state index contributed by atoms with van der Waals surface area (Å²) in [5, 5.41) is 3.20. The number of benzene rings is 1. The predicted molar refractivity (Wildman–Crippen MR) is 69.7 cm³/mol.